The summed E-state index contributed by atoms with van der Waals surface area (Å²) >= 11 is 0. The summed E-state index contributed by atoms with van der Waals surface area (Å²) in [5, 5.41) is 17.1. The van der Waals surface area contributed by atoms with Gasteiger partial charge in [0.2, 0.25) is 11.8 Å². The molecular weight excluding hydrogens is 270 g/mol. The number of benzene rings is 1. The van der Waals surface area contributed by atoms with E-state index in [1.165, 1.54) is 12.3 Å². The number of hydrogen-bond acceptors (Lipinski definition) is 5. The van der Waals surface area contributed by atoms with Crippen LogP contribution >= 0.6 is 0 Å². The van der Waals surface area contributed by atoms with E-state index in [1.54, 1.807) is 6.07 Å². The highest BCUT2D eigenvalue weighted by atomic mass is 16.5. The monoisotopic (exact) mass is 283 g/mol. The summed E-state index contributed by atoms with van der Waals surface area (Å²) in [6.45, 7) is 2.01. The van der Waals surface area contributed by atoms with E-state index < -0.39 is 5.56 Å². The van der Waals surface area contributed by atoms with Crippen LogP contribution in [0.5, 0.6) is 0 Å². The van der Waals surface area contributed by atoms with E-state index in [-0.39, 0.29) is 0 Å². The van der Waals surface area contributed by atoms with Crippen LogP contribution in [-0.2, 0) is 6.42 Å². The molecule has 2 heterocycles. The van der Waals surface area contributed by atoms with Crippen LogP contribution in [0.3, 0.4) is 0 Å². The smallest absolute Gasteiger partial charge is 0.283 e. The zero-order valence-electron chi connectivity index (χ0n) is 11.4. The Morgan fingerprint density at radius 2 is 1.95 bits per heavy atom. The van der Waals surface area contributed by atoms with E-state index in [4.69, 9.17) is 9.62 Å². The van der Waals surface area contributed by atoms with Gasteiger partial charge in [-0.15, -0.1) is 10.2 Å². The van der Waals surface area contributed by atoms with Gasteiger partial charge in [-0.2, -0.15) is 4.73 Å². The van der Waals surface area contributed by atoms with Gasteiger partial charge < -0.3 is 9.62 Å². The Labute approximate surface area is 120 Å². The highest BCUT2D eigenvalue weighted by Gasteiger charge is 2.09. The summed E-state index contributed by atoms with van der Waals surface area (Å²) in [6.07, 6.45) is 1.63. The van der Waals surface area contributed by atoms with Gasteiger partial charge in [0, 0.05) is 17.8 Å². The number of aryl methyl sites for hydroxylation is 1. The summed E-state index contributed by atoms with van der Waals surface area (Å²) in [4.78, 5) is 11.3. The summed E-state index contributed by atoms with van der Waals surface area (Å²) in [5.74, 6) is 0.862. The topological polar surface area (TPSA) is 81.1 Å². The standard InChI is InChI=1S/C15H13N3O3/c1-10-2-4-12(5-3-10)15-17-16-13(21-15)8-11-6-7-18(20)14(19)9-11/h2-7,9,20H,8H2,1H3. The van der Waals surface area contributed by atoms with Crippen molar-refractivity contribution < 1.29 is 9.62 Å². The lowest BCUT2D eigenvalue weighted by Gasteiger charge is -1.98. The molecule has 6 heteroatoms. The van der Waals surface area contributed by atoms with Crippen molar-refractivity contribution in [2.24, 2.45) is 0 Å². The Bertz CT molecular complexity index is 819. The van der Waals surface area contributed by atoms with Crippen molar-refractivity contribution in [1.82, 2.24) is 14.9 Å². The highest BCUT2D eigenvalue weighted by Crippen LogP contribution is 2.19. The minimum atomic E-state index is -0.495. The minimum absolute atomic E-state index is 0.342. The van der Waals surface area contributed by atoms with Crippen LogP contribution in [-0.4, -0.2) is 20.1 Å². The predicted octanol–water partition coefficient (Wildman–Crippen LogP) is 2.03. The Balaban J connectivity index is 1.83. The molecule has 0 amide bonds. The van der Waals surface area contributed by atoms with Crippen LogP contribution in [0.1, 0.15) is 17.0 Å². The highest BCUT2D eigenvalue weighted by molar-refractivity contribution is 5.52. The largest absolute Gasteiger partial charge is 0.425 e. The molecule has 0 aliphatic rings. The first-order chi connectivity index (χ1) is 10.1. The molecule has 1 N–H and O–H groups in total. The molecule has 0 saturated heterocycles. The Morgan fingerprint density at radius 3 is 2.67 bits per heavy atom. The number of pyridine rings is 1. The molecule has 0 atom stereocenters. The third-order valence-electron chi connectivity index (χ3n) is 3.09. The Morgan fingerprint density at radius 1 is 1.19 bits per heavy atom. The van der Waals surface area contributed by atoms with Gasteiger partial charge >= 0.3 is 0 Å². The van der Waals surface area contributed by atoms with Crippen LogP contribution in [0.4, 0.5) is 0 Å². The Hall–Kier alpha value is -2.89. The summed E-state index contributed by atoms with van der Waals surface area (Å²) in [5.41, 5.74) is 2.21. The molecule has 0 fully saturated rings. The predicted molar refractivity (Wildman–Crippen MR) is 75.2 cm³/mol. The maximum Gasteiger partial charge on any atom is 0.283 e. The molecule has 1 aromatic carbocycles. The maximum absolute atomic E-state index is 11.3. The SMILES string of the molecule is Cc1ccc(-c2nnc(Cc3ccn(O)c(=O)c3)o2)cc1. The molecule has 21 heavy (non-hydrogen) atoms. The molecule has 3 aromatic rings. The minimum Gasteiger partial charge on any atom is -0.425 e. The first kappa shape index (κ1) is 13.1. The molecule has 2 aromatic heterocycles. The van der Waals surface area contributed by atoms with E-state index in [0.29, 0.717) is 28.5 Å². The van der Waals surface area contributed by atoms with Crippen LogP contribution in [0, 0.1) is 6.92 Å². The van der Waals surface area contributed by atoms with Crippen LogP contribution in [0.25, 0.3) is 11.5 Å². The normalized spacial score (nSPS) is 10.7. The lowest BCUT2D eigenvalue weighted by atomic mass is 10.1. The maximum atomic E-state index is 11.3. The number of rotatable bonds is 3. The van der Waals surface area contributed by atoms with Gasteiger partial charge in [-0.3, -0.25) is 4.79 Å². The van der Waals surface area contributed by atoms with E-state index in [9.17, 15) is 4.79 Å². The third-order valence-corrected chi connectivity index (χ3v) is 3.09. The van der Waals surface area contributed by atoms with E-state index in [2.05, 4.69) is 10.2 Å². The van der Waals surface area contributed by atoms with Crippen LogP contribution < -0.4 is 5.56 Å². The fourth-order valence-corrected chi connectivity index (χ4v) is 1.94. The van der Waals surface area contributed by atoms with Gasteiger partial charge in [-0.1, -0.05) is 17.7 Å². The second kappa shape index (κ2) is 5.24. The van der Waals surface area contributed by atoms with Gasteiger partial charge in [-0.05, 0) is 30.7 Å². The molecule has 0 saturated carbocycles. The number of nitrogens with zero attached hydrogens (tertiary/aromatic N) is 3. The van der Waals surface area contributed by atoms with Gasteiger partial charge in [0.1, 0.15) is 0 Å². The number of aromatic nitrogens is 3. The molecule has 6 nitrogen and oxygen atoms in total. The first-order valence-electron chi connectivity index (χ1n) is 6.42. The van der Waals surface area contributed by atoms with Gasteiger partial charge in [-0.25, -0.2) is 0 Å². The van der Waals surface area contributed by atoms with Crippen molar-refractivity contribution >= 4 is 0 Å². The fraction of sp³-hybridized carbons (Fsp3) is 0.133. The zero-order valence-corrected chi connectivity index (χ0v) is 11.4. The van der Waals surface area contributed by atoms with Gasteiger partial charge in [0.05, 0.1) is 6.42 Å². The molecule has 0 aliphatic carbocycles. The molecule has 0 radical (unpaired) electrons. The quantitative estimate of drug-likeness (QED) is 0.744. The second-order valence-corrected chi connectivity index (χ2v) is 4.76. The average Bonchev–Trinajstić information content (AvgIpc) is 2.92. The molecule has 0 aliphatic heterocycles. The first-order valence-corrected chi connectivity index (χ1v) is 6.42. The van der Waals surface area contributed by atoms with Crippen LogP contribution in [0.15, 0.2) is 51.8 Å². The van der Waals surface area contributed by atoms with E-state index in [0.717, 1.165) is 11.1 Å². The van der Waals surface area contributed by atoms with Crippen molar-refractivity contribution in [3.63, 3.8) is 0 Å². The van der Waals surface area contributed by atoms with Crippen molar-refractivity contribution in [3.8, 4) is 11.5 Å². The summed E-state index contributed by atoms with van der Waals surface area (Å²) < 4.78 is 6.11. The summed E-state index contributed by atoms with van der Waals surface area (Å²) in [6, 6.07) is 10.7. The van der Waals surface area contributed by atoms with Crippen molar-refractivity contribution in [1.29, 1.82) is 0 Å². The molecule has 0 unspecified atom stereocenters. The third kappa shape index (κ3) is 2.84. The molecule has 3 rings (SSSR count). The fourth-order valence-electron chi connectivity index (χ4n) is 1.94. The van der Waals surface area contributed by atoms with Gasteiger partial charge in [0.15, 0.2) is 0 Å². The van der Waals surface area contributed by atoms with E-state index in [1.807, 2.05) is 31.2 Å². The van der Waals surface area contributed by atoms with Crippen LogP contribution in [0.2, 0.25) is 0 Å². The van der Waals surface area contributed by atoms with Crippen molar-refractivity contribution in [2.75, 3.05) is 0 Å². The lowest BCUT2D eigenvalue weighted by molar-refractivity contribution is 0.174. The zero-order chi connectivity index (χ0) is 14.8. The molecular formula is C15H13N3O3. The Kier molecular flexibility index (Phi) is 3.27. The number of hydrogen-bond donors (Lipinski definition) is 1. The molecule has 106 valence electrons. The van der Waals surface area contributed by atoms with Gasteiger partial charge in [0.25, 0.3) is 5.56 Å². The van der Waals surface area contributed by atoms with Crippen molar-refractivity contribution in [3.05, 3.63) is 70.0 Å². The van der Waals surface area contributed by atoms with Crippen molar-refractivity contribution in [2.45, 2.75) is 13.3 Å². The lowest BCUT2D eigenvalue weighted by Crippen LogP contribution is -2.16. The van der Waals surface area contributed by atoms with E-state index >= 15 is 0 Å². The second-order valence-electron chi connectivity index (χ2n) is 4.76. The summed E-state index contributed by atoms with van der Waals surface area (Å²) in [7, 11) is 0. The molecule has 0 bridgehead atoms. The average molecular weight is 283 g/mol. The molecule has 0 spiro atoms.